The van der Waals surface area contributed by atoms with Crippen LogP contribution in [0.4, 0.5) is 16.3 Å². The number of ether oxygens (including phenoxy) is 1. The van der Waals surface area contributed by atoms with Gasteiger partial charge in [-0.05, 0) is 48.0 Å². The van der Waals surface area contributed by atoms with Crippen LogP contribution >= 0.6 is 11.6 Å². The summed E-state index contributed by atoms with van der Waals surface area (Å²) in [5.41, 5.74) is 3.61. The first kappa shape index (κ1) is 23.4. The topological polar surface area (TPSA) is 113 Å². The van der Waals surface area contributed by atoms with Gasteiger partial charge >= 0.3 is 6.03 Å². The SMILES string of the molecule is O=C(Nc1cccc(Cl)c1)Nc1n[nH]c2cc(OCc3ccc4c(c3)C(=O)c3ccccc3C4=O)ccc12. The fraction of sp³-hybridized carbons (Fsp3) is 0.0345. The molecule has 38 heavy (non-hydrogen) atoms. The van der Waals surface area contributed by atoms with Crippen molar-refractivity contribution in [2.45, 2.75) is 6.61 Å². The third-order valence-electron chi connectivity index (χ3n) is 6.24. The number of hydrogen-bond acceptors (Lipinski definition) is 5. The molecular weight excluding hydrogens is 504 g/mol. The third-order valence-corrected chi connectivity index (χ3v) is 6.48. The van der Waals surface area contributed by atoms with E-state index in [1.807, 2.05) is 0 Å². The van der Waals surface area contributed by atoms with Gasteiger partial charge < -0.3 is 10.1 Å². The maximum atomic E-state index is 13.0. The van der Waals surface area contributed by atoms with Crippen LogP contribution in [0.5, 0.6) is 5.75 Å². The number of H-pyrrole nitrogens is 1. The van der Waals surface area contributed by atoms with Crippen LogP contribution in [-0.2, 0) is 6.61 Å². The summed E-state index contributed by atoms with van der Waals surface area (Å²) in [4.78, 5) is 38.2. The van der Waals surface area contributed by atoms with E-state index in [9.17, 15) is 14.4 Å². The molecule has 0 saturated heterocycles. The minimum Gasteiger partial charge on any atom is -0.489 e. The normalized spacial score (nSPS) is 12.1. The number of halogens is 1. The molecule has 0 spiro atoms. The summed E-state index contributed by atoms with van der Waals surface area (Å²) in [6.45, 7) is 0.198. The average Bonchev–Trinajstić information content (AvgIpc) is 3.32. The quantitative estimate of drug-likeness (QED) is 0.249. The van der Waals surface area contributed by atoms with Crippen LogP contribution in [-0.4, -0.2) is 27.8 Å². The fourth-order valence-corrected chi connectivity index (χ4v) is 4.61. The van der Waals surface area contributed by atoms with E-state index in [-0.39, 0.29) is 18.2 Å². The van der Waals surface area contributed by atoms with E-state index in [1.165, 1.54) is 0 Å². The molecule has 0 radical (unpaired) electrons. The number of fused-ring (bicyclic) bond motifs is 3. The molecule has 1 aromatic heterocycles. The number of benzene rings is 4. The van der Waals surface area contributed by atoms with Gasteiger partial charge in [-0.3, -0.25) is 20.0 Å². The smallest absolute Gasteiger partial charge is 0.324 e. The lowest BCUT2D eigenvalue weighted by atomic mass is 9.83. The summed E-state index contributed by atoms with van der Waals surface area (Å²) in [6.07, 6.45) is 0. The molecule has 3 N–H and O–H groups in total. The van der Waals surface area contributed by atoms with Gasteiger partial charge in [0, 0.05) is 44.4 Å². The first-order valence-corrected chi connectivity index (χ1v) is 12.1. The van der Waals surface area contributed by atoms with Crippen LogP contribution in [0.15, 0.2) is 84.9 Å². The molecule has 9 heteroatoms. The Bertz CT molecular complexity index is 1760. The molecule has 5 aromatic rings. The Hall–Kier alpha value is -4.95. The number of anilines is 2. The second kappa shape index (κ2) is 9.49. The van der Waals surface area contributed by atoms with Gasteiger partial charge in [-0.1, -0.05) is 48.0 Å². The molecule has 2 amide bonds. The van der Waals surface area contributed by atoms with Gasteiger partial charge in [-0.15, -0.1) is 0 Å². The maximum Gasteiger partial charge on any atom is 0.324 e. The molecule has 0 atom stereocenters. The molecule has 0 saturated carbocycles. The van der Waals surface area contributed by atoms with Gasteiger partial charge in [0.2, 0.25) is 0 Å². The molecule has 186 valence electrons. The van der Waals surface area contributed by atoms with Crippen LogP contribution in [0.3, 0.4) is 0 Å². The molecule has 8 nitrogen and oxygen atoms in total. The fourth-order valence-electron chi connectivity index (χ4n) is 4.42. The number of nitrogens with one attached hydrogen (secondary N) is 3. The molecule has 0 bridgehead atoms. The van der Waals surface area contributed by atoms with Crippen LogP contribution in [0.1, 0.15) is 37.4 Å². The number of hydrogen-bond donors (Lipinski definition) is 3. The van der Waals surface area contributed by atoms with E-state index in [2.05, 4.69) is 20.8 Å². The molecular formula is C29H19ClN4O4. The summed E-state index contributed by atoms with van der Waals surface area (Å²) in [7, 11) is 0. The predicted molar refractivity (Wildman–Crippen MR) is 144 cm³/mol. The highest BCUT2D eigenvalue weighted by atomic mass is 35.5. The van der Waals surface area contributed by atoms with Crippen molar-refractivity contribution < 1.29 is 19.1 Å². The highest BCUT2D eigenvalue weighted by Crippen LogP contribution is 2.29. The van der Waals surface area contributed by atoms with Gasteiger partial charge in [-0.2, -0.15) is 5.10 Å². The molecule has 1 heterocycles. The van der Waals surface area contributed by atoms with Crippen molar-refractivity contribution >= 4 is 51.6 Å². The van der Waals surface area contributed by atoms with Crippen LogP contribution in [0, 0.1) is 0 Å². The van der Waals surface area contributed by atoms with Crippen molar-refractivity contribution in [3.8, 4) is 5.75 Å². The largest absolute Gasteiger partial charge is 0.489 e. The van der Waals surface area contributed by atoms with E-state index < -0.39 is 6.03 Å². The zero-order valence-electron chi connectivity index (χ0n) is 19.7. The molecule has 6 rings (SSSR count). The van der Waals surface area contributed by atoms with Crippen LogP contribution in [0.25, 0.3) is 10.9 Å². The molecule has 4 aromatic carbocycles. The van der Waals surface area contributed by atoms with Gasteiger partial charge in [0.15, 0.2) is 17.4 Å². The summed E-state index contributed by atoms with van der Waals surface area (Å²) in [5.74, 6) is 0.610. The number of rotatable bonds is 5. The Kier molecular flexibility index (Phi) is 5.86. The number of aromatic nitrogens is 2. The van der Waals surface area contributed by atoms with Crippen molar-refractivity contribution in [3.63, 3.8) is 0 Å². The first-order valence-electron chi connectivity index (χ1n) is 11.7. The number of nitrogens with zero attached hydrogens (tertiary/aromatic N) is 1. The third kappa shape index (κ3) is 4.38. The van der Waals surface area contributed by atoms with E-state index >= 15 is 0 Å². The lowest BCUT2D eigenvalue weighted by Gasteiger charge is -2.18. The van der Waals surface area contributed by atoms with Crippen LogP contribution in [0.2, 0.25) is 5.02 Å². The number of urea groups is 1. The average molecular weight is 523 g/mol. The molecule has 1 aliphatic rings. The van der Waals surface area contributed by atoms with Crippen molar-refractivity contribution in [1.29, 1.82) is 0 Å². The standard InChI is InChI=1S/C29H19ClN4O4/c30-17-4-3-5-18(13-17)31-29(37)32-28-23-11-9-19(14-25(23)33-34-28)38-15-16-8-10-22-24(12-16)27(36)21-7-2-1-6-20(21)26(22)35/h1-14H,15H2,(H3,31,32,33,34,37). The number of carbonyl (C=O) groups is 3. The van der Waals surface area contributed by atoms with Crippen molar-refractivity contribution in [3.05, 3.63) is 118 Å². The zero-order valence-corrected chi connectivity index (χ0v) is 20.5. The van der Waals surface area contributed by atoms with Gasteiger partial charge in [0.25, 0.3) is 0 Å². The Morgan fingerprint density at radius 2 is 1.58 bits per heavy atom. The highest BCUT2D eigenvalue weighted by molar-refractivity contribution is 6.31. The van der Waals surface area contributed by atoms with Gasteiger partial charge in [-0.25, -0.2) is 4.79 Å². The van der Waals surface area contributed by atoms with Crippen molar-refractivity contribution in [1.82, 2.24) is 10.2 Å². The van der Waals surface area contributed by atoms with E-state index in [4.69, 9.17) is 16.3 Å². The number of aromatic amines is 1. The molecule has 0 unspecified atom stereocenters. The summed E-state index contributed by atoms with van der Waals surface area (Å²) in [6, 6.07) is 23.7. The number of ketones is 2. The maximum absolute atomic E-state index is 13.0. The molecule has 1 aliphatic carbocycles. The Labute approximate surface area is 221 Å². The Morgan fingerprint density at radius 3 is 2.37 bits per heavy atom. The van der Waals surface area contributed by atoms with Crippen LogP contribution < -0.4 is 15.4 Å². The summed E-state index contributed by atoms with van der Waals surface area (Å²) >= 11 is 5.96. The lowest BCUT2D eigenvalue weighted by Crippen LogP contribution is -2.21. The summed E-state index contributed by atoms with van der Waals surface area (Å²) < 4.78 is 5.95. The van der Waals surface area contributed by atoms with Crippen molar-refractivity contribution in [2.24, 2.45) is 0 Å². The number of carbonyl (C=O) groups excluding carboxylic acids is 3. The first-order chi connectivity index (χ1) is 18.5. The van der Waals surface area contributed by atoms with Crippen molar-refractivity contribution in [2.75, 3.05) is 10.6 Å². The molecule has 0 aliphatic heterocycles. The van der Waals surface area contributed by atoms with E-state index in [0.717, 1.165) is 5.56 Å². The van der Waals surface area contributed by atoms with Gasteiger partial charge in [0.1, 0.15) is 12.4 Å². The minimum absolute atomic E-state index is 0.155. The number of amides is 2. The monoisotopic (exact) mass is 522 g/mol. The van der Waals surface area contributed by atoms with E-state index in [0.29, 0.717) is 55.4 Å². The predicted octanol–water partition coefficient (Wildman–Crippen LogP) is 6.21. The highest BCUT2D eigenvalue weighted by Gasteiger charge is 2.29. The van der Waals surface area contributed by atoms with E-state index in [1.54, 1.807) is 84.9 Å². The molecule has 0 fully saturated rings. The second-order valence-electron chi connectivity index (χ2n) is 8.74. The Morgan fingerprint density at radius 1 is 0.816 bits per heavy atom. The van der Waals surface area contributed by atoms with Gasteiger partial charge in [0.05, 0.1) is 5.52 Å². The minimum atomic E-state index is -0.455. The second-order valence-corrected chi connectivity index (χ2v) is 9.18. The lowest BCUT2D eigenvalue weighted by molar-refractivity contribution is 0.0979. The zero-order chi connectivity index (χ0) is 26.2. The summed E-state index contributed by atoms with van der Waals surface area (Å²) in [5, 5.41) is 13.7. The Balaban J connectivity index is 1.15.